The third kappa shape index (κ3) is 3.01. The maximum absolute atomic E-state index is 9.40. The molecule has 0 spiro atoms. The van der Waals surface area contributed by atoms with E-state index in [0.29, 0.717) is 5.92 Å². The molecule has 4 nitrogen and oxygen atoms in total. The van der Waals surface area contributed by atoms with Gasteiger partial charge < -0.3 is 15.8 Å². The molecule has 0 fully saturated rings. The minimum Gasteiger partial charge on any atom is -0.508 e. The lowest BCUT2D eigenvalue weighted by Gasteiger charge is -2.11. The summed E-state index contributed by atoms with van der Waals surface area (Å²) in [6.07, 6.45) is 4.29. The van der Waals surface area contributed by atoms with Crippen molar-refractivity contribution in [2.45, 2.75) is 32.6 Å². The zero-order valence-electron chi connectivity index (χ0n) is 10.8. The van der Waals surface area contributed by atoms with Crippen LogP contribution in [0.1, 0.15) is 32.0 Å². The molecule has 98 valence electrons. The number of hydrogen-bond donors (Lipinski definition) is 3. The fourth-order valence-corrected chi connectivity index (χ4v) is 2.30. The van der Waals surface area contributed by atoms with Gasteiger partial charge in [-0.25, -0.2) is 4.98 Å². The van der Waals surface area contributed by atoms with Crippen molar-refractivity contribution in [3.8, 4) is 5.75 Å². The number of nitrogens with zero attached hydrogens (tertiary/aromatic N) is 1. The van der Waals surface area contributed by atoms with Crippen molar-refractivity contribution in [1.82, 2.24) is 9.97 Å². The average Bonchev–Trinajstić information content (AvgIpc) is 2.76. The molecular formula is C14H21N3O. The lowest BCUT2D eigenvalue weighted by molar-refractivity contribution is 0.440. The summed E-state index contributed by atoms with van der Waals surface area (Å²) in [5, 5.41) is 9.40. The Kier molecular flexibility index (Phi) is 4.20. The molecule has 18 heavy (non-hydrogen) atoms. The summed E-state index contributed by atoms with van der Waals surface area (Å²) in [7, 11) is 0. The van der Waals surface area contributed by atoms with Crippen LogP contribution < -0.4 is 5.73 Å². The Morgan fingerprint density at radius 3 is 2.94 bits per heavy atom. The van der Waals surface area contributed by atoms with Crippen LogP contribution in [-0.4, -0.2) is 21.6 Å². The van der Waals surface area contributed by atoms with Crippen LogP contribution >= 0.6 is 0 Å². The van der Waals surface area contributed by atoms with E-state index in [1.54, 1.807) is 12.1 Å². The van der Waals surface area contributed by atoms with Gasteiger partial charge in [-0.2, -0.15) is 0 Å². The highest BCUT2D eigenvalue weighted by Gasteiger charge is 2.08. The Bertz CT molecular complexity index is 507. The third-order valence-electron chi connectivity index (χ3n) is 3.46. The van der Waals surface area contributed by atoms with Gasteiger partial charge in [0, 0.05) is 12.5 Å². The summed E-state index contributed by atoms with van der Waals surface area (Å²) in [6, 6.07) is 5.21. The highest BCUT2D eigenvalue weighted by molar-refractivity contribution is 5.76. The number of phenolic OH excluding ortho intramolecular Hbond substituents is 1. The second-order valence-electron chi connectivity index (χ2n) is 4.78. The average molecular weight is 247 g/mol. The van der Waals surface area contributed by atoms with E-state index in [0.717, 1.165) is 49.1 Å². The summed E-state index contributed by atoms with van der Waals surface area (Å²) in [5.41, 5.74) is 7.41. The third-order valence-corrected chi connectivity index (χ3v) is 3.46. The summed E-state index contributed by atoms with van der Waals surface area (Å²) < 4.78 is 0. The standard InChI is InChI=1S/C14H21N3O/c1-2-10(7-8-15)3-6-14-16-12-5-4-11(18)9-13(12)17-14/h4-5,9-10,18H,2-3,6-8,15H2,1H3,(H,16,17). The Hall–Kier alpha value is -1.55. The van der Waals surface area contributed by atoms with Crippen LogP contribution in [0.4, 0.5) is 0 Å². The SMILES string of the molecule is CCC(CCN)CCc1nc2ccc(O)cc2[nH]1. The van der Waals surface area contributed by atoms with Crippen LogP contribution in [0.25, 0.3) is 11.0 Å². The van der Waals surface area contributed by atoms with E-state index in [4.69, 9.17) is 5.73 Å². The maximum Gasteiger partial charge on any atom is 0.117 e. The largest absolute Gasteiger partial charge is 0.508 e. The summed E-state index contributed by atoms with van der Waals surface area (Å²) >= 11 is 0. The smallest absolute Gasteiger partial charge is 0.117 e. The Morgan fingerprint density at radius 2 is 2.22 bits per heavy atom. The molecular weight excluding hydrogens is 226 g/mol. The van der Waals surface area contributed by atoms with Gasteiger partial charge >= 0.3 is 0 Å². The van der Waals surface area contributed by atoms with Gasteiger partial charge in [-0.1, -0.05) is 13.3 Å². The van der Waals surface area contributed by atoms with Crippen molar-refractivity contribution >= 4 is 11.0 Å². The van der Waals surface area contributed by atoms with Crippen LogP contribution in [0.2, 0.25) is 0 Å². The maximum atomic E-state index is 9.40. The normalized spacial score (nSPS) is 13.0. The van der Waals surface area contributed by atoms with Crippen LogP contribution in [0.5, 0.6) is 5.75 Å². The fourth-order valence-electron chi connectivity index (χ4n) is 2.30. The van der Waals surface area contributed by atoms with Crippen LogP contribution in [0, 0.1) is 5.92 Å². The van der Waals surface area contributed by atoms with Gasteiger partial charge in [0.1, 0.15) is 11.6 Å². The Balaban J connectivity index is 2.03. The molecule has 0 bridgehead atoms. The fraction of sp³-hybridized carbons (Fsp3) is 0.500. The molecule has 1 aromatic carbocycles. The molecule has 4 heteroatoms. The first kappa shape index (κ1) is 12.9. The van der Waals surface area contributed by atoms with Gasteiger partial charge in [0.25, 0.3) is 0 Å². The van der Waals surface area contributed by atoms with Crippen molar-refractivity contribution < 1.29 is 5.11 Å². The predicted octanol–water partition coefficient (Wildman–Crippen LogP) is 2.58. The minimum atomic E-state index is 0.271. The second kappa shape index (κ2) is 5.87. The van der Waals surface area contributed by atoms with E-state index in [1.165, 1.54) is 0 Å². The van der Waals surface area contributed by atoms with Crippen molar-refractivity contribution in [3.05, 3.63) is 24.0 Å². The number of rotatable bonds is 6. The van der Waals surface area contributed by atoms with Gasteiger partial charge in [0.2, 0.25) is 0 Å². The number of aromatic amines is 1. The molecule has 0 aliphatic heterocycles. The second-order valence-corrected chi connectivity index (χ2v) is 4.78. The molecule has 1 atom stereocenters. The molecule has 0 aliphatic rings. The number of fused-ring (bicyclic) bond motifs is 1. The molecule has 1 heterocycles. The number of H-pyrrole nitrogens is 1. The minimum absolute atomic E-state index is 0.271. The summed E-state index contributed by atoms with van der Waals surface area (Å²) in [4.78, 5) is 7.78. The van der Waals surface area contributed by atoms with Crippen molar-refractivity contribution in [2.24, 2.45) is 11.7 Å². The monoisotopic (exact) mass is 247 g/mol. The number of phenols is 1. The van der Waals surface area contributed by atoms with Crippen molar-refractivity contribution in [1.29, 1.82) is 0 Å². The summed E-state index contributed by atoms with van der Waals surface area (Å²) in [6.45, 7) is 2.96. The van der Waals surface area contributed by atoms with Gasteiger partial charge in [-0.3, -0.25) is 0 Å². The number of aryl methyl sites for hydroxylation is 1. The number of nitrogens with one attached hydrogen (secondary N) is 1. The van der Waals surface area contributed by atoms with E-state index < -0.39 is 0 Å². The summed E-state index contributed by atoms with van der Waals surface area (Å²) in [5.74, 6) is 1.94. The van der Waals surface area contributed by atoms with E-state index in [-0.39, 0.29) is 5.75 Å². The van der Waals surface area contributed by atoms with Gasteiger partial charge in [0.05, 0.1) is 11.0 Å². The number of benzene rings is 1. The van der Waals surface area contributed by atoms with Gasteiger partial charge in [-0.15, -0.1) is 0 Å². The van der Waals surface area contributed by atoms with E-state index in [2.05, 4.69) is 16.9 Å². The Labute approximate surface area is 107 Å². The zero-order valence-corrected chi connectivity index (χ0v) is 10.8. The first-order valence-electron chi connectivity index (χ1n) is 6.60. The molecule has 0 radical (unpaired) electrons. The number of hydrogen-bond acceptors (Lipinski definition) is 3. The van der Waals surface area contributed by atoms with E-state index in [1.807, 2.05) is 6.07 Å². The van der Waals surface area contributed by atoms with Crippen LogP contribution in [-0.2, 0) is 6.42 Å². The van der Waals surface area contributed by atoms with Crippen molar-refractivity contribution in [2.75, 3.05) is 6.54 Å². The number of imidazole rings is 1. The first-order valence-corrected chi connectivity index (χ1v) is 6.60. The van der Waals surface area contributed by atoms with Gasteiger partial charge in [0.15, 0.2) is 0 Å². The Morgan fingerprint density at radius 1 is 1.39 bits per heavy atom. The number of nitrogens with two attached hydrogens (primary N) is 1. The molecule has 0 saturated heterocycles. The lowest BCUT2D eigenvalue weighted by Crippen LogP contribution is -2.09. The molecule has 0 amide bonds. The highest BCUT2D eigenvalue weighted by Crippen LogP contribution is 2.20. The molecule has 4 N–H and O–H groups in total. The highest BCUT2D eigenvalue weighted by atomic mass is 16.3. The lowest BCUT2D eigenvalue weighted by atomic mass is 9.96. The molecule has 2 rings (SSSR count). The van der Waals surface area contributed by atoms with Gasteiger partial charge in [-0.05, 0) is 37.4 Å². The van der Waals surface area contributed by atoms with E-state index in [9.17, 15) is 5.11 Å². The molecule has 1 unspecified atom stereocenters. The number of aromatic hydroxyl groups is 1. The van der Waals surface area contributed by atoms with E-state index >= 15 is 0 Å². The molecule has 0 aliphatic carbocycles. The molecule has 1 aromatic heterocycles. The zero-order chi connectivity index (χ0) is 13.0. The first-order chi connectivity index (χ1) is 8.72. The molecule has 0 saturated carbocycles. The van der Waals surface area contributed by atoms with Crippen LogP contribution in [0.15, 0.2) is 18.2 Å². The predicted molar refractivity (Wildman–Crippen MR) is 73.5 cm³/mol. The molecule has 2 aromatic rings. The van der Waals surface area contributed by atoms with Crippen LogP contribution in [0.3, 0.4) is 0 Å². The van der Waals surface area contributed by atoms with Crippen molar-refractivity contribution in [3.63, 3.8) is 0 Å². The number of aromatic nitrogens is 2. The quantitative estimate of drug-likeness (QED) is 0.734. The topological polar surface area (TPSA) is 74.9 Å².